The van der Waals surface area contributed by atoms with Crippen molar-refractivity contribution in [3.8, 4) is 0 Å². The first kappa shape index (κ1) is 14.4. The summed E-state index contributed by atoms with van der Waals surface area (Å²) in [7, 11) is 0. The molecule has 0 radical (unpaired) electrons. The zero-order valence-corrected chi connectivity index (χ0v) is 8.79. The molecule has 0 N–H and O–H groups in total. The Morgan fingerprint density at radius 3 is 1.15 bits per heavy atom. The van der Waals surface area contributed by atoms with E-state index in [0.717, 1.165) is 0 Å². The summed E-state index contributed by atoms with van der Waals surface area (Å²) in [5, 5.41) is 47.8. The Balaban J connectivity index is 3.68. The van der Waals surface area contributed by atoms with Gasteiger partial charge in [0.05, 0.1) is 0 Å². The van der Waals surface area contributed by atoms with Gasteiger partial charge >= 0.3 is 17.9 Å². The fraction of sp³-hybridized carbons (Fsp3) is 0.333. The van der Waals surface area contributed by atoms with Gasteiger partial charge in [0, 0.05) is 0 Å². The number of hydrogen-bond donors (Lipinski definition) is 0. The first-order valence-corrected chi connectivity index (χ1v) is 4.14. The maximum Gasteiger partial charge on any atom is 0.607 e. The molecule has 0 aromatic carbocycles. The number of nitro groups is 5. The molecule has 1 rings (SSSR count). The molecule has 0 spiro atoms. The Hall–Kier alpha value is -3.66. The van der Waals surface area contributed by atoms with Gasteiger partial charge in [-0.05, 0) is 9.85 Å². The zero-order valence-electron chi connectivity index (χ0n) is 8.79. The molecule has 108 valence electrons. The molecule has 0 aliphatic carbocycles. The fourth-order valence-corrected chi connectivity index (χ4v) is 1.36. The van der Waals surface area contributed by atoms with Crippen LogP contribution >= 0.6 is 0 Å². The van der Waals surface area contributed by atoms with Crippen molar-refractivity contribution in [2.45, 2.75) is 6.29 Å². The normalized spacial score (nSPS) is 15.4. The zero-order chi connectivity index (χ0) is 15.8. The van der Waals surface area contributed by atoms with Gasteiger partial charge in [0.2, 0.25) is 0 Å². The van der Waals surface area contributed by atoms with Crippen LogP contribution in [0.5, 0.6) is 0 Å². The van der Waals surface area contributed by atoms with E-state index in [4.69, 9.17) is 0 Å². The first-order chi connectivity index (χ1) is 9.11. The van der Waals surface area contributed by atoms with Crippen LogP contribution in [0, 0.1) is 50.6 Å². The molecule has 0 aromatic heterocycles. The minimum atomic E-state index is -3.05. The maximum absolute atomic E-state index is 10.6. The molecule has 0 bridgehead atoms. The molecule has 1 aliphatic rings. The average Bonchev–Trinajstić information content (AvgIpc) is 2.64. The molecular weight excluding hydrogens is 294 g/mol. The molecule has 0 fully saturated rings. The Morgan fingerprint density at radius 2 is 1.00 bits per heavy atom. The molecule has 0 atom stereocenters. The lowest BCUT2D eigenvalue weighted by Crippen LogP contribution is -2.51. The molecule has 20 heavy (non-hydrogen) atoms. The van der Waals surface area contributed by atoms with Crippen molar-refractivity contribution in [2.75, 3.05) is 0 Å². The van der Waals surface area contributed by atoms with E-state index in [9.17, 15) is 50.6 Å². The van der Waals surface area contributed by atoms with E-state index in [-0.39, 0.29) is 0 Å². The third-order valence-corrected chi connectivity index (χ3v) is 1.96. The smallest absolute Gasteiger partial charge is 0.358 e. The van der Waals surface area contributed by atoms with Crippen LogP contribution in [0.3, 0.4) is 0 Å². The van der Waals surface area contributed by atoms with Crippen molar-refractivity contribution in [1.82, 2.24) is 10.0 Å². The van der Waals surface area contributed by atoms with Crippen molar-refractivity contribution in [3.05, 3.63) is 62.2 Å². The van der Waals surface area contributed by atoms with Crippen molar-refractivity contribution in [3.63, 3.8) is 0 Å². The number of hydrogen-bond acceptors (Lipinski definition) is 10. The molecule has 17 nitrogen and oxygen atoms in total. The van der Waals surface area contributed by atoms with Crippen molar-refractivity contribution in [1.29, 1.82) is 0 Å². The Kier molecular flexibility index (Phi) is 3.27. The highest BCUT2D eigenvalue weighted by molar-refractivity contribution is 5.01. The van der Waals surface area contributed by atoms with Crippen molar-refractivity contribution in [2.24, 2.45) is 0 Å². The van der Waals surface area contributed by atoms with Gasteiger partial charge in [-0.25, -0.2) is 20.2 Å². The summed E-state index contributed by atoms with van der Waals surface area (Å²) in [4.78, 5) is 47.9. The molecular formula is C3HN7O10. The van der Waals surface area contributed by atoms with E-state index in [1.807, 2.05) is 0 Å². The topological polar surface area (TPSA) is 222 Å². The fourth-order valence-electron chi connectivity index (χ4n) is 1.36. The van der Waals surface area contributed by atoms with Gasteiger partial charge in [0.15, 0.2) is 10.0 Å². The van der Waals surface area contributed by atoms with Crippen LogP contribution in [0.2, 0.25) is 0 Å². The number of hydrazine groups is 2. The average molecular weight is 295 g/mol. The lowest BCUT2D eigenvalue weighted by molar-refractivity contribution is -0.803. The summed E-state index contributed by atoms with van der Waals surface area (Å²) >= 11 is 0. The lowest BCUT2D eigenvalue weighted by atomic mass is 10.7. The molecule has 1 aliphatic heterocycles. The lowest BCUT2D eigenvalue weighted by Gasteiger charge is -2.02. The van der Waals surface area contributed by atoms with E-state index >= 15 is 0 Å². The Labute approximate surface area is 104 Å². The summed E-state index contributed by atoms with van der Waals surface area (Å²) in [6, 6.07) is 0. The third-order valence-electron chi connectivity index (χ3n) is 1.96. The number of nitrogens with zero attached hydrogens (tertiary/aromatic N) is 7. The standard InChI is InChI=1S/C3HN7O10/c11-6(12)1-2(7(13)14)5(10(19)20)3(8(15)16)4(1)9(17)18/h3H. The summed E-state index contributed by atoms with van der Waals surface area (Å²) in [5.41, 5.74) is 0. The molecule has 0 amide bonds. The second kappa shape index (κ2) is 4.55. The predicted molar refractivity (Wildman–Crippen MR) is 49.5 cm³/mol. The summed E-state index contributed by atoms with van der Waals surface area (Å²) in [5.74, 6) is -3.98. The molecule has 1 heterocycles. The molecule has 17 heteroatoms. The quantitative estimate of drug-likeness (QED) is 0.405. The van der Waals surface area contributed by atoms with E-state index < -0.39 is 52.8 Å². The van der Waals surface area contributed by atoms with Gasteiger partial charge in [-0.1, -0.05) is 0 Å². The van der Waals surface area contributed by atoms with Crippen LogP contribution < -0.4 is 0 Å². The summed E-state index contributed by atoms with van der Waals surface area (Å²) in [6.45, 7) is 0. The minimum Gasteiger partial charge on any atom is -0.358 e. The van der Waals surface area contributed by atoms with E-state index in [1.54, 1.807) is 0 Å². The number of rotatable bonds is 5. The summed E-state index contributed by atoms with van der Waals surface area (Å²) in [6.07, 6.45) is -3.05. The minimum absolute atomic E-state index is 0.874. The van der Waals surface area contributed by atoms with E-state index in [1.165, 1.54) is 0 Å². The monoisotopic (exact) mass is 295 g/mol. The maximum atomic E-state index is 10.6. The highest BCUT2D eigenvalue weighted by atomic mass is 16.7. The van der Waals surface area contributed by atoms with Gasteiger partial charge in [-0.2, -0.15) is 0 Å². The van der Waals surface area contributed by atoms with Gasteiger partial charge in [0.1, 0.15) is 4.92 Å². The van der Waals surface area contributed by atoms with Gasteiger partial charge in [-0.3, -0.25) is 10.1 Å². The van der Waals surface area contributed by atoms with Gasteiger partial charge in [-0.15, -0.1) is 0 Å². The highest BCUT2D eigenvalue weighted by Gasteiger charge is 2.77. The SMILES string of the molecule is O=[N+]([O-])C1=C([N+](=O)[O-])N([N+](=O)[O-])C([N+](=O)[O-])N1[N+](=O)[O-]. The largest absolute Gasteiger partial charge is 0.607 e. The second-order valence-electron chi connectivity index (χ2n) is 2.96. The van der Waals surface area contributed by atoms with Crippen LogP contribution in [0.15, 0.2) is 11.6 Å². The third kappa shape index (κ3) is 1.93. The van der Waals surface area contributed by atoms with Crippen LogP contribution in [-0.2, 0) is 0 Å². The van der Waals surface area contributed by atoms with Crippen molar-refractivity contribution < 1.29 is 24.8 Å². The van der Waals surface area contributed by atoms with Crippen molar-refractivity contribution >= 4 is 0 Å². The highest BCUT2D eigenvalue weighted by Crippen LogP contribution is 2.30. The Morgan fingerprint density at radius 1 is 0.700 bits per heavy atom. The van der Waals surface area contributed by atoms with E-state index in [2.05, 4.69) is 0 Å². The molecule has 0 saturated carbocycles. The summed E-state index contributed by atoms with van der Waals surface area (Å²) < 4.78 is 0. The second-order valence-corrected chi connectivity index (χ2v) is 2.96. The van der Waals surface area contributed by atoms with Crippen LogP contribution in [0.4, 0.5) is 0 Å². The molecule has 0 aromatic rings. The van der Waals surface area contributed by atoms with E-state index in [0.29, 0.717) is 0 Å². The van der Waals surface area contributed by atoms with Crippen LogP contribution in [0.1, 0.15) is 0 Å². The predicted octanol–water partition coefficient (Wildman–Crippen LogP) is -1.77. The first-order valence-electron chi connectivity index (χ1n) is 4.14. The van der Waals surface area contributed by atoms with Gasteiger partial charge in [0.25, 0.3) is 10.1 Å². The van der Waals surface area contributed by atoms with Gasteiger partial charge < -0.3 is 20.2 Å². The molecule has 0 saturated heterocycles. The molecule has 0 unspecified atom stereocenters. The Bertz CT molecular complexity index is 523. The van der Waals surface area contributed by atoms with Crippen LogP contribution in [-0.4, -0.2) is 41.1 Å². The van der Waals surface area contributed by atoms with Crippen LogP contribution in [0.25, 0.3) is 0 Å².